The highest BCUT2D eigenvalue weighted by atomic mass is 35.5. The van der Waals surface area contributed by atoms with Gasteiger partial charge in [-0.15, -0.1) is 11.8 Å². The van der Waals surface area contributed by atoms with Crippen molar-refractivity contribution < 1.29 is 22.9 Å². The number of thioether (sulfide) groups is 1. The summed E-state index contributed by atoms with van der Waals surface area (Å²) in [6.07, 6.45) is 6.50. The molecule has 18 heteroatoms. The average molecular weight is 941 g/mol. The first kappa shape index (κ1) is 45.0. The third-order valence-electron chi connectivity index (χ3n) is 13.0. The van der Waals surface area contributed by atoms with E-state index >= 15 is 0 Å². The number of carbonyl (C=O) groups excluding carboxylic acids is 1. The zero-order valence-corrected chi connectivity index (χ0v) is 39.2. The molecule has 3 aromatic carbocycles. The number of pyridine rings is 1. The van der Waals surface area contributed by atoms with Crippen molar-refractivity contribution >= 4 is 73.0 Å². The number of H-pyrrole nitrogens is 1. The van der Waals surface area contributed by atoms with E-state index in [0.29, 0.717) is 28.6 Å². The molecule has 2 fully saturated rings. The molecule has 5 aromatic rings. The topological polar surface area (TPSA) is 169 Å². The minimum Gasteiger partial charge on any atom is -0.455 e. The van der Waals surface area contributed by atoms with Gasteiger partial charge in [0.2, 0.25) is 0 Å². The maximum Gasteiger partial charge on any atom is 0.294 e. The third-order valence-corrected chi connectivity index (χ3v) is 15.8. The minimum absolute atomic E-state index is 0.0257. The predicted molar refractivity (Wildman–Crippen MR) is 257 cm³/mol. The van der Waals surface area contributed by atoms with Crippen LogP contribution >= 0.6 is 23.4 Å². The maximum absolute atomic E-state index is 14.1. The summed E-state index contributed by atoms with van der Waals surface area (Å²) in [4.78, 5) is 42.8. The van der Waals surface area contributed by atoms with Gasteiger partial charge in [0.15, 0.2) is 0 Å². The average Bonchev–Trinajstić information content (AvgIpc) is 3.76. The van der Waals surface area contributed by atoms with Crippen molar-refractivity contribution in [2.24, 2.45) is 5.41 Å². The SMILES string of the molecule is CN1CCN(C[C@H]2CSc3cc(S(=O)(=O)NC(=O)c4ccc(N5CCN(CC6=C(c7ccc(Cl)cc7)CC(C)(C)CC6)CC5)cc4Oc4cnc5[nH]ccc5c4)cc([N+](=O)[O-])c3N2)CC1. The Labute approximate surface area is 388 Å². The number of hydrogen-bond acceptors (Lipinski definition) is 13. The maximum atomic E-state index is 14.1. The number of likely N-dealkylation sites (N-methyl/N-ethyl adjacent to an activating group) is 1. The number of halogens is 1. The van der Waals surface area contributed by atoms with Crippen LogP contribution in [0.5, 0.6) is 11.5 Å². The summed E-state index contributed by atoms with van der Waals surface area (Å²) in [5.41, 5.74) is 5.72. The molecule has 9 rings (SSSR count). The Balaban J connectivity index is 0.933. The predicted octanol–water partition coefficient (Wildman–Crippen LogP) is 7.96. The van der Waals surface area contributed by atoms with Crippen LogP contribution < -0.4 is 19.7 Å². The fourth-order valence-corrected chi connectivity index (χ4v) is 11.5. The highest BCUT2D eigenvalue weighted by Crippen LogP contribution is 2.44. The number of nitro benzene ring substituents is 1. The van der Waals surface area contributed by atoms with Crippen LogP contribution in [-0.2, 0) is 10.0 Å². The molecule has 1 aliphatic carbocycles. The molecule has 3 aliphatic heterocycles. The number of ether oxygens (including phenoxy) is 1. The number of rotatable bonds is 12. The molecule has 342 valence electrons. The second-order valence-electron chi connectivity index (χ2n) is 18.3. The Morgan fingerprint density at radius 1 is 1.00 bits per heavy atom. The molecule has 0 saturated carbocycles. The number of allylic oxidation sites excluding steroid dienone is 1. The molecule has 5 heterocycles. The van der Waals surface area contributed by atoms with E-state index in [1.54, 1.807) is 30.5 Å². The van der Waals surface area contributed by atoms with Gasteiger partial charge >= 0.3 is 0 Å². The number of nitrogens with one attached hydrogen (secondary N) is 3. The number of amides is 1. The van der Waals surface area contributed by atoms with Gasteiger partial charge in [-0.25, -0.2) is 18.1 Å². The van der Waals surface area contributed by atoms with Crippen LogP contribution in [0.25, 0.3) is 16.6 Å². The first-order valence-electron chi connectivity index (χ1n) is 22.1. The van der Waals surface area contributed by atoms with Gasteiger partial charge in [-0.1, -0.05) is 43.2 Å². The summed E-state index contributed by atoms with van der Waals surface area (Å²) in [6.45, 7) is 13.1. The zero-order valence-electron chi connectivity index (χ0n) is 36.8. The quantitative estimate of drug-likeness (QED) is 0.0815. The lowest BCUT2D eigenvalue weighted by Gasteiger charge is -2.39. The first-order chi connectivity index (χ1) is 31.2. The Morgan fingerprint density at radius 3 is 2.51 bits per heavy atom. The Morgan fingerprint density at radius 2 is 1.75 bits per heavy atom. The number of aromatic amines is 1. The fourth-order valence-electron chi connectivity index (χ4n) is 9.23. The van der Waals surface area contributed by atoms with Gasteiger partial charge in [0.1, 0.15) is 22.8 Å². The van der Waals surface area contributed by atoms with Crippen LogP contribution in [-0.4, -0.2) is 128 Å². The van der Waals surface area contributed by atoms with Gasteiger partial charge in [-0.3, -0.25) is 24.7 Å². The molecule has 65 heavy (non-hydrogen) atoms. The van der Waals surface area contributed by atoms with Crippen molar-refractivity contribution in [3.63, 3.8) is 0 Å². The molecule has 3 N–H and O–H groups in total. The number of nitro groups is 1. The molecular weight excluding hydrogens is 886 g/mol. The molecule has 1 atom stereocenters. The van der Waals surface area contributed by atoms with Gasteiger partial charge in [0.25, 0.3) is 21.6 Å². The van der Waals surface area contributed by atoms with Crippen LogP contribution in [0, 0.1) is 15.5 Å². The zero-order chi connectivity index (χ0) is 45.5. The van der Waals surface area contributed by atoms with Gasteiger partial charge in [0.05, 0.1) is 21.6 Å². The normalized spacial score (nSPS) is 19.8. The summed E-state index contributed by atoms with van der Waals surface area (Å²) < 4.78 is 36.5. The largest absolute Gasteiger partial charge is 0.455 e. The molecule has 0 spiro atoms. The minimum atomic E-state index is -4.58. The molecule has 2 saturated heterocycles. The molecule has 2 aromatic heterocycles. The summed E-state index contributed by atoms with van der Waals surface area (Å²) >= 11 is 7.62. The number of fused-ring (bicyclic) bond motifs is 2. The molecule has 1 amide bonds. The van der Waals surface area contributed by atoms with Crippen molar-refractivity contribution in [2.45, 2.75) is 48.9 Å². The number of nitrogens with zero attached hydrogens (tertiary/aromatic N) is 6. The van der Waals surface area contributed by atoms with E-state index in [4.69, 9.17) is 16.3 Å². The first-order valence-corrected chi connectivity index (χ1v) is 24.9. The van der Waals surface area contributed by atoms with Gasteiger partial charge < -0.3 is 24.8 Å². The monoisotopic (exact) mass is 939 g/mol. The second-order valence-corrected chi connectivity index (χ2v) is 21.5. The molecule has 0 unspecified atom stereocenters. The number of hydrogen-bond donors (Lipinski definition) is 3. The highest BCUT2D eigenvalue weighted by molar-refractivity contribution is 7.99. The summed E-state index contributed by atoms with van der Waals surface area (Å²) in [5, 5.41) is 17.2. The van der Waals surface area contributed by atoms with E-state index in [1.165, 1.54) is 40.7 Å². The molecular formula is C47H54ClN9O6S2. The van der Waals surface area contributed by atoms with Crippen LogP contribution in [0.3, 0.4) is 0 Å². The Bertz CT molecular complexity index is 2750. The van der Waals surface area contributed by atoms with Crippen molar-refractivity contribution in [2.75, 3.05) is 88.5 Å². The van der Waals surface area contributed by atoms with Crippen molar-refractivity contribution in [3.8, 4) is 11.5 Å². The Hall–Kier alpha value is -5.17. The standard InChI is InChI=1S/C47H54ClN9O6S2/c1-47(2)12-10-33(40(26-47)31-4-6-34(48)7-5-31)28-54-18-20-56(21-19-54)36-8-9-39(42(23-36)63-37-22-32-11-13-49-45(32)50-27-37)46(58)52-65(61,62)38-24-41(57(59)60)44-43(25-38)64-30-35(51-44)29-55-16-14-53(3)15-17-55/h4-9,11,13,22-25,27,35,51H,10,12,14-21,26,28-30H2,1-3H3,(H,49,50)(H,52,58)/t35-/m0/s1. The number of sulfonamides is 1. The number of anilines is 2. The number of piperazine rings is 2. The van der Waals surface area contributed by atoms with Gasteiger partial charge in [-0.2, -0.15) is 0 Å². The van der Waals surface area contributed by atoms with Crippen molar-refractivity contribution in [1.82, 2.24) is 29.4 Å². The summed E-state index contributed by atoms with van der Waals surface area (Å²) in [6, 6.07) is 19.3. The summed E-state index contributed by atoms with van der Waals surface area (Å²) in [7, 11) is -2.50. The van der Waals surface area contributed by atoms with E-state index < -0.39 is 20.9 Å². The number of aromatic nitrogens is 2. The Kier molecular flexibility index (Phi) is 12.9. The number of benzene rings is 3. The third kappa shape index (κ3) is 10.3. The lowest BCUT2D eigenvalue weighted by Crippen LogP contribution is -2.49. The van der Waals surface area contributed by atoms with Crippen LogP contribution in [0.2, 0.25) is 5.02 Å². The highest BCUT2D eigenvalue weighted by Gasteiger charge is 2.33. The molecule has 15 nitrogen and oxygen atoms in total. The van der Waals surface area contributed by atoms with E-state index in [-0.39, 0.29) is 39.0 Å². The molecule has 4 aliphatic rings. The number of carbonyl (C=O) groups is 1. The van der Waals surface area contributed by atoms with Gasteiger partial charge in [-0.05, 0) is 85.3 Å². The van der Waals surface area contributed by atoms with Crippen LogP contribution in [0.15, 0.2) is 94.5 Å². The lowest BCUT2D eigenvalue weighted by molar-refractivity contribution is -0.384. The van der Waals surface area contributed by atoms with E-state index in [1.807, 2.05) is 18.2 Å². The van der Waals surface area contributed by atoms with Crippen LogP contribution in [0.1, 0.15) is 49.0 Å². The second kappa shape index (κ2) is 18.6. The van der Waals surface area contributed by atoms with Crippen molar-refractivity contribution in [1.29, 1.82) is 0 Å². The lowest BCUT2D eigenvalue weighted by atomic mass is 9.72. The smallest absolute Gasteiger partial charge is 0.294 e. The van der Waals surface area contributed by atoms with Crippen LogP contribution in [0.4, 0.5) is 17.1 Å². The fraction of sp³-hybridized carbons (Fsp3) is 0.404. The van der Waals surface area contributed by atoms with E-state index in [9.17, 15) is 23.3 Å². The summed E-state index contributed by atoms with van der Waals surface area (Å²) in [5.74, 6) is 0.155. The molecule has 0 bridgehead atoms. The van der Waals surface area contributed by atoms with E-state index in [0.717, 1.165) is 100 Å². The van der Waals surface area contributed by atoms with Crippen molar-refractivity contribution in [3.05, 3.63) is 111 Å². The molecule has 0 radical (unpaired) electrons. The van der Waals surface area contributed by atoms with Gasteiger partial charge in [0, 0.05) is 117 Å². The van der Waals surface area contributed by atoms with E-state index in [2.05, 4.69) is 72.6 Å².